The van der Waals surface area contributed by atoms with Crippen molar-refractivity contribution in [1.82, 2.24) is 4.57 Å². The summed E-state index contributed by atoms with van der Waals surface area (Å²) in [5, 5.41) is 7.32. The number of aromatic nitrogens is 1. The molecule has 0 spiro atoms. The van der Waals surface area contributed by atoms with Crippen LogP contribution in [0.15, 0.2) is 42.5 Å². The summed E-state index contributed by atoms with van der Waals surface area (Å²) in [5.41, 5.74) is 5.09. The molecule has 3 nitrogen and oxygen atoms in total. The minimum Gasteiger partial charge on any atom is -1.00 e. The van der Waals surface area contributed by atoms with E-state index in [1.807, 2.05) is 6.07 Å². The second-order valence-electron chi connectivity index (χ2n) is 6.13. The highest BCUT2D eigenvalue weighted by Crippen LogP contribution is 2.38. The van der Waals surface area contributed by atoms with Gasteiger partial charge >= 0.3 is 0 Å². The molecular formula is C20H21IN2O. The Balaban J connectivity index is 0.00000169. The van der Waals surface area contributed by atoms with Gasteiger partial charge in [-0.1, -0.05) is 0 Å². The lowest BCUT2D eigenvalue weighted by Crippen LogP contribution is -3.00. The zero-order valence-corrected chi connectivity index (χ0v) is 16.5. The van der Waals surface area contributed by atoms with E-state index in [0.29, 0.717) is 0 Å². The van der Waals surface area contributed by atoms with E-state index in [0.717, 1.165) is 5.75 Å². The van der Waals surface area contributed by atoms with Crippen molar-refractivity contribution in [3.8, 4) is 5.75 Å². The third kappa shape index (κ3) is 2.36. The molecule has 4 heteroatoms. The number of nitrogens with two attached hydrogens (primary N) is 1. The van der Waals surface area contributed by atoms with Crippen molar-refractivity contribution >= 4 is 38.3 Å². The summed E-state index contributed by atoms with van der Waals surface area (Å²) in [7, 11) is 5.95. The Morgan fingerprint density at radius 2 is 1.79 bits per heavy atom. The zero-order valence-electron chi connectivity index (χ0n) is 14.4. The van der Waals surface area contributed by atoms with Crippen LogP contribution in [-0.4, -0.2) is 18.7 Å². The van der Waals surface area contributed by atoms with Crippen LogP contribution in [-0.2, 0) is 7.05 Å². The van der Waals surface area contributed by atoms with Crippen LogP contribution in [0.5, 0.6) is 5.75 Å². The van der Waals surface area contributed by atoms with E-state index in [2.05, 4.69) is 67.3 Å². The summed E-state index contributed by atoms with van der Waals surface area (Å²) in [6, 6.07) is 15.3. The van der Waals surface area contributed by atoms with E-state index in [9.17, 15) is 0 Å². The molecule has 24 heavy (non-hydrogen) atoms. The number of rotatable bonds is 2. The Labute approximate surface area is 158 Å². The molecule has 0 amide bonds. The molecule has 2 N–H and O–H groups in total. The van der Waals surface area contributed by atoms with Gasteiger partial charge in [-0.05, 0) is 59.7 Å². The average molecular weight is 432 g/mol. The number of ether oxygens (including phenoxy) is 1. The normalized spacial score (nSPS) is 11.2. The molecule has 0 saturated heterocycles. The highest BCUT2D eigenvalue weighted by molar-refractivity contribution is 6.22. The SMILES string of the molecule is C[NH2+]c1ccc2cc(C)c3c(c2c1)c1cc(OC)ccc1n3C.[I-]. The molecule has 4 rings (SSSR count). The van der Waals surface area contributed by atoms with E-state index in [1.54, 1.807) is 7.11 Å². The van der Waals surface area contributed by atoms with E-state index in [1.165, 1.54) is 43.8 Å². The summed E-state index contributed by atoms with van der Waals surface area (Å²) in [4.78, 5) is 0. The van der Waals surface area contributed by atoms with Gasteiger partial charge in [-0.15, -0.1) is 0 Å². The van der Waals surface area contributed by atoms with Crippen molar-refractivity contribution in [2.24, 2.45) is 7.05 Å². The first-order valence-electron chi connectivity index (χ1n) is 7.93. The molecule has 0 aliphatic heterocycles. The number of aryl methyl sites for hydroxylation is 2. The minimum atomic E-state index is 0. The lowest BCUT2D eigenvalue weighted by atomic mass is 10.00. The molecule has 0 aliphatic carbocycles. The predicted octanol–water partition coefficient (Wildman–Crippen LogP) is 0.630. The maximum atomic E-state index is 5.45. The van der Waals surface area contributed by atoms with Crippen LogP contribution < -0.4 is 34.0 Å². The monoisotopic (exact) mass is 432 g/mol. The molecule has 0 unspecified atom stereocenters. The highest BCUT2D eigenvalue weighted by atomic mass is 127. The molecule has 0 bridgehead atoms. The fraction of sp³-hybridized carbons (Fsp3) is 0.200. The van der Waals surface area contributed by atoms with E-state index in [-0.39, 0.29) is 24.0 Å². The first kappa shape index (κ1) is 17.0. The van der Waals surface area contributed by atoms with Crippen LogP contribution in [0.4, 0.5) is 5.69 Å². The summed E-state index contributed by atoms with van der Waals surface area (Å²) in [6.07, 6.45) is 0. The number of hydrogen-bond acceptors (Lipinski definition) is 1. The lowest BCUT2D eigenvalue weighted by molar-refractivity contribution is -0.539. The molecule has 0 radical (unpaired) electrons. The second kappa shape index (κ2) is 6.26. The van der Waals surface area contributed by atoms with Crippen LogP contribution in [0.3, 0.4) is 0 Å². The highest BCUT2D eigenvalue weighted by Gasteiger charge is 2.15. The molecular weight excluding hydrogens is 411 g/mol. The first-order valence-corrected chi connectivity index (χ1v) is 7.93. The maximum absolute atomic E-state index is 5.45. The van der Waals surface area contributed by atoms with Gasteiger partial charge < -0.3 is 38.6 Å². The third-order valence-corrected chi connectivity index (χ3v) is 4.83. The fourth-order valence-corrected chi connectivity index (χ4v) is 3.68. The van der Waals surface area contributed by atoms with Crippen molar-refractivity contribution in [3.63, 3.8) is 0 Å². The first-order chi connectivity index (χ1) is 11.1. The van der Waals surface area contributed by atoms with Gasteiger partial charge in [-0.2, -0.15) is 0 Å². The molecule has 0 atom stereocenters. The van der Waals surface area contributed by atoms with Gasteiger partial charge in [0.05, 0.1) is 19.7 Å². The largest absolute Gasteiger partial charge is 1.00 e. The van der Waals surface area contributed by atoms with E-state index < -0.39 is 0 Å². The van der Waals surface area contributed by atoms with Crippen molar-refractivity contribution < 1.29 is 34.0 Å². The number of methoxy groups -OCH3 is 1. The van der Waals surface area contributed by atoms with Crippen molar-refractivity contribution in [2.75, 3.05) is 14.2 Å². The minimum absolute atomic E-state index is 0. The van der Waals surface area contributed by atoms with Crippen LogP contribution in [0.1, 0.15) is 5.56 Å². The molecule has 0 fully saturated rings. The van der Waals surface area contributed by atoms with Crippen LogP contribution in [0.25, 0.3) is 32.6 Å². The fourth-order valence-electron chi connectivity index (χ4n) is 3.68. The Hall–Kier alpha value is -1.79. The standard InChI is InChI=1S/C20H20N2O.HI/c1-12-9-13-5-6-14(21-2)10-16(13)19-17-11-15(23-4)7-8-18(17)22(3)20(12)19;/h5-11,21H,1-4H3;1H. The van der Waals surface area contributed by atoms with E-state index >= 15 is 0 Å². The molecule has 0 aliphatic rings. The Morgan fingerprint density at radius 1 is 1.00 bits per heavy atom. The number of nitrogens with zero attached hydrogens (tertiary/aromatic N) is 1. The van der Waals surface area contributed by atoms with Gasteiger partial charge in [-0.3, -0.25) is 0 Å². The Morgan fingerprint density at radius 3 is 2.50 bits per heavy atom. The van der Waals surface area contributed by atoms with Crippen molar-refractivity contribution in [3.05, 3.63) is 48.0 Å². The van der Waals surface area contributed by atoms with Gasteiger partial charge in [0.1, 0.15) is 11.4 Å². The van der Waals surface area contributed by atoms with Crippen LogP contribution in [0.2, 0.25) is 0 Å². The summed E-state index contributed by atoms with van der Waals surface area (Å²) >= 11 is 0. The summed E-state index contributed by atoms with van der Waals surface area (Å²) < 4.78 is 7.75. The van der Waals surface area contributed by atoms with Crippen LogP contribution in [0, 0.1) is 6.92 Å². The lowest BCUT2D eigenvalue weighted by Gasteiger charge is -2.07. The predicted molar refractivity (Wildman–Crippen MR) is 96.7 cm³/mol. The van der Waals surface area contributed by atoms with E-state index in [4.69, 9.17) is 4.74 Å². The number of benzene rings is 3. The van der Waals surface area contributed by atoms with Gasteiger partial charge in [0, 0.05) is 29.4 Å². The van der Waals surface area contributed by atoms with Crippen molar-refractivity contribution in [2.45, 2.75) is 6.92 Å². The topological polar surface area (TPSA) is 30.8 Å². The summed E-state index contributed by atoms with van der Waals surface area (Å²) in [5.74, 6) is 0.901. The Bertz CT molecular complexity index is 1070. The van der Waals surface area contributed by atoms with Crippen molar-refractivity contribution in [1.29, 1.82) is 0 Å². The molecule has 1 heterocycles. The number of halogens is 1. The zero-order chi connectivity index (χ0) is 16.1. The molecule has 3 aromatic carbocycles. The molecule has 0 saturated carbocycles. The summed E-state index contributed by atoms with van der Waals surface area (Å²) in [6.45, 7) is 2.19. The van der Waals surface area contributed by atoms with Gasteiger partial charge in [0.2, 0.25) is 0 Å². The molecule has 124 valence electrons. The number of hydrogen-bond donors (Lipinski definition) is 1. The third-order valence-electron chi connectivity index (χ3n) is 4.83. The number of fused-ring (bicyclic) bond motifs is 5. The van der Waals surface area contributed by atoms with Crippen LogP contribution >= 0.6 is 0 Å². The molecule has 4 aromatic rings. The average Bonchev–Trinajstić information content (AvgIpc) is 2.88. The maximum Gasteiger partial charge on any atom is 0.130 e. The quantitative estimate of drug-likeness (QED) is 0.366. The Kier molecular flexibility index (Phi) is 4.44. The smallest absolute Gasteiger partial charge is 0.130 e. The van der Waals surface area contributed by atoms with Gasteiger partial charge in [0.25, 0.3) is 0 Å². The second-order valence-corrected chi connectivity index (χ2v) is 6.13. The van der Waals surface area contributed by atoms with Gasteiger partial charge in [-0.25, -0.2) is 0 Å². The molecule has 1 aromatic heterocycles. The van der Waals surface area contributed by atoms with Gasteiger partial charge in [0.15, 0.2) is 0 Å². The number of quaternary nitrogens is 1.